The fourth-order valence-electron chi connectivity index (χ4n) is 2.96. The van der Waals surface area contributed by atoms with Crippen molar-refractivity contribution in [3.05, 3.63) is 77.3 Å². The standard InChI is InChI=1S/C20H16FN5O3/c1-12-11-25(16-7-6-14(21)9-15(12)16)24-20(27)29-18-10-22-19(23-13(18)2)17-5-3-4-8-26(17)28/h3-11H,1-2H3,(H,24,27). The van der Waals surface area contributed by atoms with Gasteiger partial charge in [-0.15, -0.1) is 0 Å². The van der Waals surface area contributed by atoms with E-state index in [1.807, 2.05) is 6.92 Å². The van der Waals surface area contributed by atoms with Crippen LogP contribution in [0.5, 0.6) is 5.75 Å². The van der Waals surface area contributed by atoms with Crippen LogP contribution in [0.15, 0.2) is 55.0 Å². The zero-order chi connectivity index (χ0) is 20.5. The van der Waals surface area contributed by atoms with Gasteiger partial charge < -0.3 is 9.94 Å². The SMILES string of the molecule is Cc1nc(-c2cccc[n+]2[O-])ncc1OC(=O)Nn1cc(C)c2cc(F)ccc21. The molecule has 0 radical (unpaired) electrons. The normalized spacial score (nSPS) is 10.9. The summed E-state index contributed by atoms with van der Waals surface area (Å²) < 4.78 is 20.9. The number of benzene rings is 1. The van der Waals surface area contributed by atoms with Crippen molar-refractivity contribution >= 4 is 17.0 Å². The first-order valence-electron chi connectivity index (χ1n) is 8.70. The lowest BCUT2D eigenvalue weighted by Gasteiger charge is -2.10. The first-order chi connectivity index (χ1) is 13.9. The summed E-state index contributed by atoms with van der Waals surface area (Å²) in [4.78, 5) is 20.7. The molecular formula is C20H16FN5O3. The lowest BCUT2D eigenvalue weighted by molar-refractivity contribution is -0.594. The maximum absolute atomic E-state index is 13.4. The third kappa shape index (κ3) is 3.57. The molecule has 8 nitrogen and oxygen atoms in total. The van der Waals surface area contributed by atoms with Gasteiger partial charge in [0.1, 0.15) is 5.82 Å². The van der Waals surface area contributed by atoms with Gasteiger partial charge in [0.25, 0.3) is 5.69 Å². The number of rotatable bonds is 3. The second-order valence-corrected chi connectivity index (χ2v) is 6.40. The molecule has 3 heterocycles. The van der Waals surface area contributed by atoms with E-state index in [-0.39, 0.29) is 23.1 Å². The molecule has 1 aromatic carbocycles. The van der Waals surface area contributed by atoms with Crippen LogP contribution >= 0.6 is 0 Å². The number of carbonyl (C=O) groups is 1. The van der Waals surface area contributed by atoms with Crippen molar-refractivity contribution in [2.45, 2.75) is 13.8 Å². The molecular weight excluding hydrogens is 377 g/mol. The summed E-state index contributed by atoms with van der Waals surface area (Å²) in [7, 11) is 0. The van der Waals surface area contributed by atoms with Gasteiger partial charge in [0, 0.05) is 23.7 Å². The number of hydrogen-bond acceptors (Lipinski definition) is 5. The topological polar surface area (TPSA) is 96.0 Å². The smallest absolute Gasteiger partial charge is 0.432 e. The van der Waals surface area contributed by atoms with Crippen molar-refractivity contribution in [2.75, 3.05) is 5.43 Å². The zero-order valence-electron chi connectivity index (χ0n) is 15.6. The first kappa shape index (κ1) is 18.4. The number of carbonyl (C=O) groups excluding carboxylic acids is 1. The van der Waals surface area contributed by atoms with Gasteiger partial charge in [-0.05, 0) is 43.7 Å². The Morgan fingerprint density at radius 2 is 2.10 bits per heavy atom. The zero-order valence-corrected chi connectivity index (χ0v) is 15.6. The third-order valence-electron chi connectivity index (χ3n) is 4.37. The van der Waals surface area contributed by atoms with Crippen LogP contribution < -0.4 is 14.9 Å². The number of aromatic nitrogens is 4. The lowest BCUT2D eigenvalue weighted by atomic mass is 10.2. The molecule has 0 spiro atoms. The Morgan fingerprint density at radius 3 is 2.86 bits per heavy atom. The number of hydrogen-bond donors (Lipinski definition) is 1. The number of pyridine rings is 1. The average molecular weight is 393 g/mol. The van der Waals surface area contributed by atoms with Crippen LogP contribution in [0.3, 0.4) is 0 Å². The molecule has 0 saturated carbocycles. The predicted molar refractivity (Wildman–Crippen MR) is 103 cm³/mol. The first-order valence-corrected chi connectivity index (χ1v) is 8.70. The molecule has 0 aliphatic heterocycles. The number of halogens is 1. The summed E-state index contributed by atoms with van der Waals surface area (Å²) >= 11 is 0. The van der Waals surface area contributed by atoms with Crippen molar-refractivity contribution in [1.82, 2.24) is 14.6 Å². The summed E-state index contributed by atoms with van der Waals surface area (Å²) in [6.45, 7) is 3.46. The summed E-state index contributed by atoms with van der Waals surface area (Å²) in [5, 5.41) is 12.5. The maximum atomic E-state index is 13.4. The van der Waals surface area contributed by atoms with E-state index in [0.29, 0.717) is 21.3 Å². The molecule has 0 unspecified atom stereocenters. The van der Waals surface area contributed by atoms with Gasteiger partial charge in [-0.1, -0.05) is 0 Å². The van der Waals surface area contributed by atoms with Gasteiger partial charge >= 0.3 is 6.09 Å². The number of aryl methyl sites for hydroxylation is 2. The number of fused-ring (bicyclic) bond motifs is 1. The third-order valence-corrected chi connectivity index (χ3v) is 4.37. The highest BCUT2D eigenvalue weighted by atomic mass is 19.1. The minimum atomic E-state index is -0.760. The highest BCUT2D eigenvalue weighted by Gasteiger charge is 2.16. The molecule has 29 heavy (non-hydrogen) atoms. The largest absolute Gasteiger partial charge is 0.618 e. The Morgan fingerprint density at radius 1 is 1.28 bits per heavy atom. The van der Waals surface area contributed by atoms with Crippen LogP contribution in [-0.2, 0) is 0 Å². The highest BCUT2D eigenvalue weighted by Crippen LogP contribution is 2.22. The van der Waals surface area contributed by atoms with Crippen molar-refractivity contribution in [3.8, 4) is 17.3 Å². The number of nitrogens with zero attached hydrogens (tertiary/aromatic N) is 4. The predicted octanol–water partition coefficient (Wildman–Crippen LogP) is 3.23. The quantitative estimate of drug-likeness (QED) is 0.426. The summed E-state index contributed by atoms with van der Waals surface area (Å²) in [6.07, 6.45) is 3.59. The lowest BCUT2D eigenvalue weighted by Crippen LogP contribution is -2.29. The maximum Gasteiger partial charge on any atom is 0.432 e. The van der Waals surface area contributed by atoms with Crippen LogP contribution in [-0.4, -0.2) is 20.7 Å². The molecule has 4 aromatic rings. The van der Waals surface area contributed by atoms with Crippen molar-refractivity contribution in [3.63, 3.8) is 0 Å². The van der Waals surface area contributed by atoms with Gasteiger partial charge in [-0.2, -0.15) is 4.73 Å². The Hall–Kier alpha value is -4.01. The van der Waals surface area contributed by atoms with Crippen LogP contribution in [0.25, 0.3) is 22.4 Å². The fourth-order valence-corrected chi connectivity index (χ4v) is 2.96. The number of amides is 1. The van der Waals surface area contributed by atoms with Crippen molar-refractivity contribution < 1.29 is 18.7 Å². The number of ether oxygens (including phenoxy) is 1. The molecule has 0 fully saturated rings. The second kappa shape index (κ2) is 7.19. The minimum Gasteiger partial charge on any atom is -0.618 e. The van der Waals surface area contributed by atoms with Gasteiger partial charge in [-0.3, -0.25) is 4.68 Å². The van der Waals surface area contributed by atoms with E-state index in [4.69, 9.17) is 4.74 Å². The van der Waals surface area contributed by atoms with E-state index in [1.165, 1.54) is 29.2 Å². The minimum absolute atomic E-state index is 0.152. The van der Waals surface area contributed by atoms with E-state index in [0.717, 1.165) is 5.56 Å². The van der Waals surface area contributed by atoms with E-state index < -0.39 is 6.09 Å². The summed E-state index contributed by atoms with van der Waals surface area (Å²) in [5.41, 5.74) is 4.69. The molecule has 1 amide bonds. The van der Waals surface area contributed by atoms with E-state index >= 15 is 0 Å². The second-order valence-electron chi connectivity index (χ2n) is 6.40. The Balaban J connectivity index is 1.54. The molecule has 146 valence electrons. The Bertz CT molecular complexity index is 1240. The summed E-state index contributed by atoms with van der Waals surface area (Å²) in [5.74, 6) is 0.0189. The Kier molecular flexibility index (Phi) is 4.55. The van der Waals surface area contributed by atoms with E-state index in [9.17, 15) is 14.4 Å². The van der Waals surface area contributed by atoms with Crippen LogP contribution in [0.1, 0.15) is 11.3 Å². The van der Waals surface area contributed by atoms with Gasteiger partial charge in [0.15, 0.2) is 11.9 Å². The monoisotopic (exact) mass is 393 g/mol. The van der Waals surface area contributed by atoms with E-state index in [1.54, 1.807) is 37.4 Å². The highest BCUT2D eigenvalue weighted by molar-refractivity contribution is 5.87. The van der Waals surface area contributed by atoms with Crippen molar-refractivity contribution in [2.24, 2.45) is 0 Å². The molecule has 3 aromatic heterocycles. The molecule has 0 aliphatic carbocycles. The molecule has 0 bridgehead atoms. The Labute approximate surface area is 164 Å². The molecule has 1 N–H and O–H groups in total. The van der Waals surface area contributed by atoms with E-state index in [2.05, 4.69) is 15.4 Å². The van der Waals surface area contributed by atoms with Gasteiger partial charge in [0.2, 0.25) is 5.82 Å². The average Bonchev–Trinajstić information content (AvgIpc) is 2.98. The fraction of sp³-hybridized carbons (Fsp3) is 0.100. The molecule has 4 rings (SSSR count). The van der Waals surface area contributed by atoms with Gasteiger partial charge in [0.05, 0.1) is 17.4 Å². The van der Waals surface area contributed by atoms with Gasteiger partial charge in [-0.25, -0.2) is 24.6 Å². The number of nitrogens with one attached hydrogen (secondary N) is 1. The van der Waals surface area contributed by atoms with Crippen LogP contribution in [0, 0.1) is 24.9 Å². The molecule has 0 saturated heterocycles. The van der Waals surface area contributed by atoms with Crippen LogP contribution in [0.4, 0.5) is 9.18 Å². The summed E-state index contributed by atoms with van der Waals surface area (Å²) in [6, 6.07) is 9.18. The molecule has 9 heteroatoms. The van der Waals surface area contributed by atoms with Crippen LogP contribution in [0.2, 0.25) is 0 Å². The molecule has 0 atom stereocenters. The molecule has 0 aliphatic rings. The van der Waals surface area contributed by atoms with Crippen molar-refractivity contribution in [1.29, 1.82) is 0 Å².